The van der Waals surface area contributed by atoms with Crippen molar-refractivity contribution in [1.29, 1.82) is 0 Å². The summed E-state index contributed by atoms with van der Waals surface area (Å²) in [4.78, 5) is 4.75. The molecule has 0 bridgehead atoms. The largest absolute Gasteiger partial charge is 0.356 e. The molecule has 3 rings (SSSR count). The van der Waals surface area contributed by atoms with Gasteiger partial charge < -0.3 is 15.2 Å². The molecule has 8 nitrogen and oxygen atoms in total. The quantitative estimate of drug-likeness (QED) is 0.264. The number of aliphatic imine (C=N–C) groups is 1. The molecule has 0 spiro atoms. The first-order valence-corrected chi connectivity index (χ1v) is 9.93. The summed E-state index contributed by atoms with van der Waals surface area (Å²) in [5, 5.41) is 19.9. The molecule has 1 aliphatic rings. The van der Waals surface area contributed by atoms with Crippen LogP contribution < -0.4 is 10.6 Å². The fourth-order valence-electron chi connectivity index (χ4n) is 3.49. The summed E-state index contributed by atoms with van der Waals surface area (Å²) in [6.07, 6.45) is 6.03. The maximum absolute atomic E-state index is 4.75. The number of halogens is 1. The lowest BCUT2D eigenvalue weighted by molar-refractivity contribution is 0.549. The predicted octanol–water partition coefficient (Wildman–Crippen LogP) is 2.62. The molecule has 0 aliphatic heterocycles. The first-order valence-electron chi connectivity index (χ1n) is 9.93. The molecule has 0 atom stereocenters. The van der Waals surface area contributed by atoms with Gasteiger partial charge in [-0.05, 0) is 46.1 Å². The number of aromatic nitrogens is 5. The van der Waals surface area contributed by atoms with Crippen molar-refractivity contribution in [3.05, 3.63) is 29.1 Å². The standard InChI is InChI=1S/C19H32N8.HI/c1-14-12-15(2)27(25-14)11-7-10-20-19(22-17-8-5-6-9-17)21-13-18-24-23-16(3)26(18)4;/h12,17H,5-11,13H2,1-4H3,(H2,20,21,22);1H. The van der Waals surface area contributed by atoms with Gasteiger partial charge in [-0.2, -0.15) is 5.10 Å². The van der Waals surface area contributed by atoms with Crippen LogP contribution >= 0.6 is 24.0 Å². The lowest BCUT2D eigenvalue weighted by atomic mass is 10.2. The molecular formula is C19H33IN8. The molecule has 0 amide bonds. The van der Waals surface area contributed by atoms with Crippen molar-refractivity contribution in [1.82, 2.24) is 35.2 Å². The van der Waals surface area contributed by atoms with Gasteiger partial charge in [-0.1, -0.05) is 12.8 Å². The van der Waals surface area contributed by atoms with E-state index in [0.29, 0.717) is 12.6 Å². The topological polar surface area (TPSA) is 85.0 Å². The van der Waals surface area contributed by atoms with Gasteiger partial charge in [0.1, 0.15) is 12.4 Å². The number of rotatable bonds is 7. The number of guanidine groups is 1. The minimum atomic E-state index is 0. The molecule has 2 aromatic rings. The molecular weight excluding hydrogens is 467 g/mol. The molecule has 1 fully saturated rings. The first-order chi connectivity index (χ1) is 13.0. The minimum absolute atomic E-state index is 0. The SMILES string of the molecule is Cc1cc(C)n(CCCNC(=NCc2nnc(C)n2C)NC2CCCC2)n1.I. The second-order valence-electron chi connectivity index (χ2n) is 7.44. The van der Waals surface area contributed by atoms with Crippen LogP contribution in [0.3, 0.4) is 0 Å². The summed E-state index contributed by atoms with van der Waals surface area (Å²) >= 11 is 0. The zero-order chi connectivity index (χ0) is 19.2. The summed E-state index contributed by atoms with van der Waals surface area (Å²) in [5.41, 5.74) is 2.28. The van der Waals surface area contributed by atoms with E-state index < -0.39 is 0 Å². The number of hydrogen-bond acceptors (Lipinski definition) is 4. The van der Waals surface area contributed by atoms with E-state index in [1.165, 1.54) is 31.4 Å². The van der Waals surface area contributed by atoms with Gasteiger partial charge in [0.25, 0.3) is 0 Å². The summed E-state index contributed by atoms with van der Waals surface area (Å²) < 4.78 is 4.06. The third-order valence-corrected chi connectivity index (χ3v) is 5.20. The van der Waals surface area contributed by atoms with E-state index in [4.69, 9.17) is 4.99 Å². The van der Waals surface area contributed by atoms with Crippen LogP contribution in [0.25, 0.3) is 0 Å². The molecule has 156 valence electrons. The van der Waals surface area contributed by atoms with Crippen LogP contribution in [0.4, 0.5) is 0 Å². The molecule has 0 aromatic carbocycles. The molecule has 1 aliphatic carbocycles. The Morgan fingerprint density at radius 1 is 1.21 bits per heavy atom. The summed E-state index contributed by atoms with van der Waals surface area (Å²) in [6.45, 7) is 8.38. The number of nitrogens with one attached hydrogen (secondary N) is 2. The highest BCUT2D eigenvalue weighted by atomic mass is 127. The molecule has 9 heteroatoms. The Labute approximate surface area is 184 Å². The Morgan fingerprint density at radius 2 is 1.96 bits per heavy atom. The van der Waals surface area contributed by atoms with Crippen LogP contribution in [0, 0.1) is 20.8 Å². The fraction of sp³-hybridized carbons (Fsp3) is 0.684. The van der Waals surface area contributed by atoms with Gasteiger partial charge in [-0.3, -0.25) is 4.68 Å². The van der Waals surface area contributed by atoms with Gasteiger partial charge in [0.15, 0.2) is 11.8 Å². The van der Waals surface area contributed by atoms with Crippen molar-refractivity contribution >= 4 is 29.9 Å². The molecule has 0 unspecified atom stereocenters. The number of aryl methyl sites for hydroxylation is 4. The molecule has 2 N–H and O–H groups in total. The zero-order valence-electron chi connectivity index (χ0n) is 17.4. The molecule has 2 heterocycles. The van der Waals surface area contributed by atoms with E-state index in [2.05, 4.69) is 43.6 Å². The lowest BCUT2D eigenvalue weighted by Crippen LogP contribution is -2.43. The highest BCUT2D eigenvalue weighted by Gasteiger charge is 2.16. The Bertz CT molecular complexity index is 773. The van der Waals surface area contributed by atoms with Crippen molar-refractivity contribution < 1.29 is 0 Å². The second-order valence-corrected chi connectivity index (χ2v) is 7.44. The van der Waals surface area contributed by atoms with Crippen LogP contribution in [-0.4, -0.2) is 43.1 Å². The van der Waals surface area contributed by atoms with Crippen molar-refractivity contribution in [2.45, 2.75) is 72.0 Å². The monoisotopic (exact) mass is 500 g/mol. The van der Waals surface area contributed by atoms with Crippen molar-refractivity contribution in [3.63, 3.8) is 0 Å². The highest BCUT2D eigenvalue weighted by Crippen LogP contribution is 2.17. The highest BCUT2D eigenvalue weighted by molar-refractivity contribution is 14.0. The minimum Gasteiger partial charge on any atom is -0.356 e. The van der Waals surface area contributed by atoms with E-state index in [1.807, 2.05) is 25.5 Å². The van der Waals surface area contributed by atoms with Crippen LogP contribution in [-0.2, 0) is 20.1 Å². The van der Waals surface area contributed by atoms with Gasteiger partial charge >= 0.3 is 0 Å². The number of hydrogen-bond donors (Lipinski definition) is 2. The molecule has 1 saturated carbocycles. The van der Waals surface area contributed by atoms with E-state index in [-0.39, 0.29) is 24.0 Å². The Morgan fingerprint density at radius 3 is 2.57 bits per heavy atom. The third-order valence-electron chi connectivity index (χ3n) is 5.20. The van der Waals surface area contributed by atoms with Crippen LogP contribution in [0.5, 0.6) is 0 Å². The van der Waals surface area contributed by atoms with Gasteiger partial charge in [-0.25, -0.2) is 4.99 Å². The van der Waals surface area contributed by atoms with Gasteiger partial charge in [0.05, 0.1) is 5.69 Å². The van der Waals surface area contributed by atoms with Gasteiger partial charge in [0.2, 0.25) is 0 Å². The fourth-order valence-corrected chi connectivity index (χ4v) is 3.49. The van der Waals surface area contributed by atoms with E-state index in [9.17, 15) is 0 Å². The Hall–Kier alpha value is -1.65. The zero-order valence-corrected chi connectivity index (χ0v) is 19.7. The molecule has 0 saturated heterocycles. The Balaban J connectivity index is 0.00000280. The summed E-state index contributed by atoms with van der Waals surface area (Å²) in [6, 6.07) is 2.64. The first kappa shape index (κ1) is 22.6. The maximum atomic E-state index is 4.75. The average molecular weight is 500 g/mol. The van der Waals surface area contributed by atoms with Gasteiger partial charge in [0, 0.05) is 31.9 Å². The number of nitrogens with zero attached hydrogens (tertiary/aromatic N) is 6. The van der Waals surface area contributed by atoms with Crippen molar-refractivity contribution in [2.75, 3.05) is 6.54 Å². The van der Waals surface area contributed by atoms with E-state index in [1.54, 1.807) is 0 Å². The molecule has 28 heavy (non-hydrogen) atoms. The third kappa shape index (κ3) is 6.18. The summed E-state index contributed by atoms with van der Waals surface area (Å²) in [5.74, 6) is 2.65. The van der Waals surface area contributed by atoms with Crippen LogP contribution in [0.2, 0.25) is 0 Å². The van der Waals surface area contributed by atoms with E-state index >= 15 is 0 Å². The average Bonchev–Trinajstić information content (AvgIpc) is 3.33. The van der Waals surface area contributed by atoms with Gasteiger partial charge in [-0.15, -0.1) is 34.2 Å². The van der Waals surface area contributed by atoms with Crippen LogP contribution in [0.1, 0.15) is 55.1 Å². The predicted molar refractivity (Wildman–Crippen MR) is 122 cm³/mol. The van der Waals surface area contributed by atoms with Crippen molar-refractivity contribution in [3.8, 4) is 0 Å². The van der Waals surface area contributed by atoms with Crippen LogP contribution in [0.15, 0.2) is 11.1 Å². The maximum Gasteiger partial charge on any atom is 0.191 e. The second kappa shape index (κ2) is 10.8. The lowest BCUT2D eigenvalue weighted by Gasteiger charge is -2.17. The van der Waals surface area contributed by atoms with Crippen molar-refractivity contribution in [2.24, 2.45) is 12.0 Å². The molecule has 2 aromatic heterocycles. The molecule has 0 radical (unpaired) electrons. The normalized spacial score (nSPS) is 14.9. The summed E-state index contributed by atoms with van der Waals surface area (Å²) in [7, 11) is 1.98. The Kier molecular flexibility index (Phi) is 8.71. The van der Waals surface area contributed by atoms with E-state index in [0.717, 1.165) is 42.8 Å². The smallest absolute Gasteiger partial charge is 0.191 e.